The van der Waals surface area contributed by atoms with Crippen molar-refractivity contribution in [3.63, 3.8) is 0 Å². The molecular formula is C48H93NO5. The third-order valence-electron chi connectivity index (χ3n) is 11.3. The van der Waals surface area contributed by atoms with Crippen LogP contribution in [0, 0.1) is 16.7 Å². The van der Waals surface area contributed by atoms with E-state index in [-0.39, 0.29) is 18.0 Å². The number of hydrogen-bond acceptors (Lipinski definition) is 6. The van der Waals surface area contributed by atoms with Crippen molar-refractivity contribution in [1.29, 1.82) is 0 Å². The minimum absolute atomic E-state index is 0.0463. The molecule has 2 unspecified atom stereocenters. The highest BCUT2D eigenvalue weighted by atomic mass is 16.5. The molecule has 0 saturated heterocycles. The maximum absolute atomic E-state index is 13.3. The summed E-state index contributed by atoms with van der Waals surface area (Å²) in [4.78, 5) is 28.4. The van der Waals surface area contributed by atoms with Crippen molar-refractivity contribution >= 4 is 11.9 Å². The molecule has 320 valence electrons. The molecule has 0 aromatic heterocycles. The highest BCUT2D eigenvalue weighted by Gasteiger charge is 2.30. The first-order valence-electron chi connectivity index (χ1n) is 23.1. The van der Waals surface area contributed by atoms with Crippen molar-refractivity contribution in [2.24, 2.45) is 16.7 Å². The number of allylic oxidation sites excluding steroid dienone is 1. The summed E-state index contributed by atoms with van der Waals surface area (Å²) in [7, 11) is 4.19. The van der Waals surface area contributed by atoms with E-state index < -0.39 is 10.8 Å². The number of carbonyl (C=O) groups is 2. The van der Waals surface area contributed by atoms with Gasteiger partial charge in [0.1, 0.15) is 0 Å². The number of carbonyl (C=O) groups excluding carboxylic acids is 2. The first-order chi connectivity index (χ1) is 25.8. The minimum atomic E-state index is -0.490. The van der Waals surface area contributed by atoms with Gasteiger partial charge in [0.2, 0.25) is 0 Å². The van der Waals surface area contributed by atoms with Gasteiger partial charge in [0.15, 0.2) is 0 Å². The summed E-state index contributed by atoms with van der Waals surface area (Å²) in [5.41, 5.74) is -0.966. The van der Waals surface area contributed by atoms with Crippen LogP contribution in [0.3, 0.4) is 0 Å². The van der Waals surface area contributed by atoms with Crippen LogP contribution in [0.15, 0.2) is 12.3 Å². The molecule has 0 aliphatic carbocycles. The Balaban J connectivity index is 4.85. The molecule has 0 saturated carbocycles. The van der Waals surface area contributed by atoms with Crippen LogP contribution >= 0.6 is 0 Å². The number of unbranched alkanes of at least 4 members (excludes halogenated alkanes) is 15. The van der Waals surface area contributed by atoms with Crippen LogP contribution in [0.1, 0.15) is 228 Å². The minimum Gasteiger partial charge on any atom is -0.495 e. The van der Waals surface area contributed by atoms with Gasteiger partial charge in [0, 0.05) is 6.42 Å². The van der Waals surface area contributed by atoms with Gasteiger partial charge in [0.05, 0.1) is 35.9 Å². The van der Waals surface area contributed by atoms with Crippen LogP contribution in [0.5, 0.6) is 0 Å². The molecule has 0 rings (SSSR count). The number of hydrogen-bond donors (Lipinski definition) is 0. The zero-order chi connectivity index (χ0) is 40.5. The predicted molar refractivity (Wildman–Crippen MR) is 232 cm³/mol. The van der Waals surface area contributed by atoms with E-state index in [1.165, 1.54) is 96.3 Å². The average molecular weight is 764 g/mol. The van der Waals surface area contributed by atoms with E-state index >= 15 is 0 Å². The summed E-state index contributed by atoms with van der Waals surface area (Å²) in [6.45, 7) is 21.3. The lowest BCUT2D eigenvalue weighted by Crippen LogP contribution is -2.28. The second-order valence-corrected chi connectivity index (χ2v) is 18.2. The van der Waals surface area contributed by atoms with Gasteiger partial charge in [-0.2, -0.15) is 0 Å². The van der Waals surface area contributed by atoms with Crippen molar-refractivity contribution in [2.75, 3.05) is 33.9 Å². The van der Waals surface area contributed by atoms with Crippen molar-refractivity contribution in [1.82, 2.24) is 4.90 Å². The van der Waals surface area contributed by atoms with Crippen LogP contribution in [-0.4, -0.2) is 56.8 Å². The van der Waals surface area contributed by atoms with Crippen LogP contribution < -0.4 is 0 Å². The molecular weight excluding hydrogens is 671 g/mol. The topological polar surface area (TPSA) is 65.1 Å². The Labute approximate surface area is 337 Å². The lowest BCUT2D eigenvalue weighted by atomic mass is 9.86. The molecule has 0 spiro atoms. The van der Waals surface area contributed by atoms with Gasteiger partial charge in [-0.05, 0) is 118 Å². The van der Waals surface area contributed by atoms with Crippen molar-refractivity contribution in [3.05, 3.63) is 12.3 Å². The molecule has 0 aliphatic rings. The molecule has 2 atom stereocenters. The Morgan fingerprint density at radius 3 is 1.50 bits per heavy atom. The lowest BCUT2D eigenvalue weighted by Gasteiger charge is -2.26. The number of esters is 2. The molecule has 0 fully saturated rings. The molecule has 6 heteroatoms. The normalized spacial score (nSPS) is 13.2. The molecule has 0 aromatic carbocycles. The van der Waals surface area contributed by atoms with Crippen LogP contribution in [0.2, 0.25) is 0 Å². The Hall–Kier alpha value is -1.56. The van der Waals surface area contributed by atoms with Crippen molar-refractivity contribution in [3.8, 4) is 0 Å². The molecule has 0 heterocycles. The van der Waals surface area contributed by atoms with Crippen molar-refractivity contribution in [2.45, 2.75) is 234 Å². The zero-order valence-electron chi connectivity index (χ0n) is 37.8. The van der Waals surface area contributed by atoms with Gasteiger partial charge in [-0.1, -0.05) is 137 Å². The first kappa shape index (κ1) is 52.4. The number of ether oxygens (including phenoxy) is 3. The van der Waals surface area contributed by atoms with Crippen LogP contribution in [0.25, 0.3) is 0 Å². The SMILES string of the molecule is C=C(CCCN(C)C)OC(CCCCC(C)(C)C(=O)OCCCCCCCCCC)CCCCC(C)(C)C(=O)OCC(CCCCC)CCCCCCC. The fourth-order valence-electron chi connectivity index (χ4n) is 7.25. The molecule has 0 N–H and O–H groups in total. The second kappa shape index (κ2) is 33.6. The van der Waals surface area contributed by atoms with E-state index in [4.69, 9.17) is 14.2 Å². The van der Waals surface area contributed by atoms with E-state index in [1.54, 1.807) is 0 Å². The summed E-state index contributed by atoms with van der Waals surface area (Å²) in [6.07, 6.45) is 31.8. The molecule has 6 nitrogen and oxygen atoms in total. The monoisotopic (exact) mass is 764 g/mol. The molecule has 0 radical (unpaired) electrons. The Bertz CT molecular complexity index is 913. The van der Waals surface area contributed by atoms with E-state index in [2.05, 4.69) is 60.2 Å². The third kappa shape index (κ3) is 29.7. The quantitative estimate of drug-likeness (QED) is 0.0353. The zero-order valence-corrected chi connectivity index (χ0v) is 37.8. The fourth-order valence-corrected chi connectivity index (χ4v) is 7.25. The van der Waals surface area contributed by atoms with Gasteiger partial charge >= 0.3 is 11.9 Å². The van der Waals surface area contributed by atoms with E-state index in [0.717, 1.165) is 95.8 Å². The molecule has 0 bridgehead atoms. The summed E-state index contributed by atoms with van der Waals surface area (Å²) >= 11 is 0. The Morgan fingerprint density at radius 1 is 0.556 bits per heavy atom. The van der Waals surface area contributed by atoms with Crippen LogP contribution in [-0.2, 0) is 23.8 Å². The Kier molecular flexibility index (Phi) is 32.6. The fraction of sp³-hybridized carbons (Fsp3) is 0.917. The largest absolute Gasteiger partial charge is 0.495 e. The smallest absolute Gasteiger partial charge is 0.311 e. The highest BCUT2D eigenvalue weighted by molar-refractivity contribution is 5.76. The van der Waals surface area contributed by atoms with Gasteiger partial charge in [0.25, 0.3) is 0 Å². The standard InChI is InChI=1S/C48H93NO5/c1-11-14-17-19-20-21-23-30-40-52-45(50)47(5,6)37-28-26-35-44(54-42(4)32-31-39-49(9)10)36-27-29-38-48(7,8)46(51)53-41-43(33-24-16-13-3)34-25-22-18-15-12-2/h43-44H,4,11-41H2,1-3,5-10H3. The van der Waals surface area contributed by atoms with Gasteiger partial charge in [-0.25, -0.2) is 0 Å². The summed E-state index contributed by atoms with van der Waals surface area (Å²) in [5.74, 6) is 1.24. The number of nitrogens with zero attached hydrogens (tertiary/aromatic N) is 1. The number of rotatable bonds is 39. The lowest BCUT2D eigenvalue weighted by molar-refractivity contribution is -0.156. The summed E-state index contributed by atoms with van der Waals surface area (Å²) in [6, 6.07) is 0. The first-order valence-corrected chi connectivity index (χ1v) is 23.1. The van der Waals surface area contributed by atoms with Gasteiger partial charge in [-0.15, -0.1) is 0 Å². The second-order valence-electron chi connectivity index (χ2n) is 18.2. The Morgan fingerprint density at radius 2 is 0.981 bits per heavy atom. The van der Waals surface area contributed by atoms with E-state index in [9.17, 15) is 9.59 Å². The maximum atomic E-state index is 13.3. The molecule has 54 heavy (non-hydrogen) atoms. The maximum Gasteiger partial charge on any atom is 0.311 e. The van der Waals surface area contributed by atoms with Gasteiger partial charge in [-0.3, -0.25) is 9.59 Å². The highest BCUT2D eigenvalue weighted by Crippen LogP contribution is 2.30. The van der Waals surface area contributed by atoms with E-state index in [1.807, 2.05) is 13.8 Å². The molecule has 0 aromatic rings. The van der Waals surface area contributed by atoms with Gasteiger partial charge < -0.3 is 19.1 Å². The molecule has 0 amide bonds. The summed E-state index contributed by atoms with van der Waals surface area (Å²) < 4.78 is 18.2. The van der Waals surface area contributed by atoms with Crippen molar-refractivity contribution < 1.29 is 23.8 Å². The third-order valence-corrected chi connectivity index (χ3v) is 11.3. The van der Waals surface area contributed by atoms with E-state index in [0.29, 0.717) is 19.1 Å². The predicted octanol–water partition coefficient (Wildman–Crippen LogP) is 14.2. The van der Waals surface area contributed by atoms with Crippen LogP contribution in [0.4, 0.5) is 0 Å². The average Bonchev–Trinajstić information content (AvgIpc) is 3.12. The molecule has 0 aliphatic heterocycles. The summed E-state index contributed by atoms with van der Waals surface area (Å²) in [5, 5.41) is 0.